The van der Waals surface area contributed by atoms with E-state index in [1.54, 1.807) is 7.11 Å². The van der Waals surface area contributed by atoms with Crippen LogP contribution in [0.5, 0.6) is 5.75 Å². The summed E-state index contributed by atoms with van der Waals surface area (Å²) in [6.45, 7) is 0.436. The Labute approximate surface area is 141 Å². The second kappa shape index (κ2) is 7.00. The van der Waals surface area contributed by atoms with Gasteiger partial charge in [-0.2, -0.15) is 0 Å². The molecule has 3 aromatic rings. The van der Waals surface area contributed by atoms with Crippen molar-refractivity contribution in [3.8, 4) is 5.75 Å². The molecule has 0 radical (unpaired) electrons. The van der Waals surface area contributed by atoms with Crippen LogP contribution in [0.3, 0.4) is 0 Å². The Morgan fingerprint density at radius 2 is 1.96 bits per heavy atom. The van der Waals surface area contributed by atoms with E-state index in [1.807, 2.05) is 24.3 Å². The van der Waals surface area contributed by atoms with Crippen molar-refractivity contribution < 1.29 is 9.53 Å². The number of methoxy groups -OCH3 is 1. The minimum atomic E-state index is -0.637. The number of H-pyrrole nitrogens is 2. The first kappa shape index (κ1) is 16.4. The first-order chi connectivity index (χ1) is 12.1. The maximum atomic E-state index is 12.2. The Balaban J connectivity index is 1.67. The predicted octanol–water partition coefficient (Wildman–Crippen LogP) is 0.593. The third kappa shape index (κ3) is 3.74. The maximum Gasteiger partial charge on any atom is 0.327 e. The molecule has 25 heavy (non-hydrogen) atoms. The van der Waals surface area contributed by atoms with Crippen LogP contribution in [0.2, 0.25) is 0 Å². The average Bonchev–Trinajstić information content (AvgIpc) is 2.62. The van der Waals surface area contributed by atoms with E-state index < -0.39 is 11.2 Å². The molecular weight excluding hydrogens is 324 g/mol. The molecule has 0 bridgehead atoms. The van der Waals surface area contributed by atoms with E-state index in [2.05, 4.69) is 20.3 Å². The molecule has 0 saturated heterocycles. The Morgan fingerprint density at radius 3 is 2.68 bits per heavy atom. The molecule has 1 aromatic carbocycles. The highest BCUT2D eigenvalue weighted by Crippen LogP contribution is 2.11. The van der Waals surface area contributed by atoms with E-state index in [-0.39, 0.29) is 22.5 Å². The molecule has 8 heteroatoms. The molecule has 0 aliphatic heterocycles. The largest absolute Gasteiger partial charge is 0.497 e. The Morgan fingerprint density at radius 1 is 1.20 bits per heavy atom. The van der Waals surface area contributed by atoms with E-state index >= 15 is 0 Å². The monoisotopic (exact) mass is 340 g/mol. The van der Waals surface area contributed by atoms with E-state index in [9.17, 15) is 14.4 Å². The van der Waals surface area contributed by atoms with Gasteiger partial charge < -0.3 is 10.1 Å². The number of aromatic amines is 2. The van der Waals surface area contributed by atoms with Crippen molar-refractivity contribution in [2.24, 2.45) is 0 Å². The SMILES string of the molecule is COc1ccc(CCNC(=O)c2cnc3[nH]c(=O)[nH]c(=O)c3c2)cc1. The van der Waals surface area contributed by atoms with Crippen molar-refractivity contribution in [1.29, 1.82) is 0 Å². The number of amides is 1. The minimum Gasteiger partial charge on any atom is -0.497 e. The van der Waals surface area contributed by atoms with Gasteiger partial charge in [-0.1, -0.05) is 12.1 Å². The van der Waals surface area contributed by atoms with Crippen molar-refractivity contribution in [2.75, 3.05) is 13.7 Å². The van der Waals surface area contributed by atoms with Crippen LogP contribution in [-0.2, 0) is 6.42 Å². The summed E-state index contributed by atoms with van der Waals surface area (Å²) in [6.07, 6.45) is 1.98. The molecule has 0 atom stereocenters. The lowest BCUT2D eigenvalue weighted by Gasteiger charge is -2.06. The summed E-state index contributed by atoms with van der Waals surface area (Å²) in [6, 6.07) is 8.98. The van der Waals surface area contributed by atoms with Crippen LogP contribution < -0.4 is 21.3 Å². The van der Waals surface area contributed by atoms with Crippen LogP contribution in [0.1, 0.15) is 15.9 Å². The van der Waals surface area contributed by atoms with Crippen molar-refractivity contribution in [2.45, 2.75) is 6.42 Å². The number of fused-ring (bicyclic) bond motifs is 1. The van der Waals surface area contributed by atoms with Crippen LogP contribution in [0.25, 0.3) is 11.0 Å². The molecule has 1 amide bonds. The number of aromatic nitrogens is 3. The van der Waals surface area contributed by atoms with E-state index in [1.165, 1.54) is 12.3 Å². The summed E-state index contributed by atoms with van der Waals surface area (Å²) in [5, 5.41) is 2.93. The topological polar surface area (TPSA) is 117 Å². The Bertz CT molecular complexity index is 1020. The van der Waals surface area contributed by atoms with Gasteiger partial charge in [-0.25, -0.2) is 9.78 Å². The predicted molar refractivity (Wildman–Crippen MR) is 92.0 cm³/mol. The second-order valence-electron chi connectivity index (χ2n) is 5.38. The van der Waals surface area contributed by atoms with Crippen LogP contribution in [0, 0.1) is 0 Å². The number of carbonyl (C=O) groups excluding carboxylic acids is 1. The standard InChI is InChI=1S/C17H16N4O4/c1-25-12-4-2-10(3-5-12)6-7-18-15(22)11-8-13-14(19-9-11)20-17(24)21-16(13)23/h2-5,8-9H,6-7H2,1H3,(H,18,22)(H2,19,20,21,23,24). The summed E-state index contributed by atoms with van der Waals surface area (Å²) in [5.74, 6) is 0.437. The number of hydrogen-bond donors (Lipinski definition) is 3. The van der Waals surface area contributed by atoms with Crippen LogP contribution in [0.4, 0.5) is 0 Å². The van der Waals surface area contributed by atoms with Gasteiger partial charge in [0, 0.05) is 12.7 Å². The fourth-order valence-electron chi connectivity index (χ4n) is 2.39. The highest BCUT2D eigenvalue weighted by Gasteiger charge is 2.09. The molecular formula is C17H16N4O4. The number of nitrogens with one attached hydrogen (secondary N) is 3. The molecule has 8 nitrogen and oxygen atoms in total. The Kier molecular flexibility index (Phi) is 4.60. The van der Waals surface area contributed by atoms with Gasteiger partial charge in [-0.05, 0) is 30.2 Å². The number of hydrogen-bond acceptors (Lipinski definition) is 5. The lowest BCUT2D eigenvalue weighted by Crippen LogP contribution is -2.27. The van der Waals surface area contributed by atoms with E-state index in [0.717, 1.165) is 11.3 Å². The van der Waals surface area contributed by atoms with E-state index in [0.29, 0.717) is 13.0 Å². The molecule has 128 valence electrons. The molecule has 2 aromatic heterocycles. The zero-order valence-electron chi connectivity index (χ0n) is 13.5. The van der Waals surface area contributed by atoms with Crippen molar-refractivity contribution in [3.63, 3.8) is 0 Å². The third-order valence-corrected chi connectivity index (χ3v) is 3.71. The summed E-state index contributed by atoms with van der Waals surface area (Å²) in [4.78, 5) is 43.6. The smallest absolute Gasteiger partial charge is 0.327 e. The van der Waals surface area contributed by atoms with Gasteiger partial charge >= 0.3 is 5.69 Å². The highest BCUT2D eigenvalue weighted by molar-refractivity contribution is 5.96. The lowest BCUT2D eigenvalue weighted by atomic mass is 10.1. The fourth-order valence-corrected chi connectivity index (χ4v) is 2.39. The van der Waals surface area contributed by atoms with Crippen molar-refractivity contribution >= 4 is 16.9 Å². The zero-order valence-corrected chi connectivity index (χ0v) is 13.5. The molecule has 0 fully saturated rings. The van der Waals surface area contributed by atoms with Crippen LogP contribution in [0.15, 0.2) is 46.1 Å². The van der Waals surface area contributed by atoms with Crippen LogP contribution in [-0.4, -0.2) is 34.5 Å². The summed E-state index contributed by atoms with van der Waals surface area (Å²) in [5.41, 5.74) is 0.232. The van der Waals surface area contributed by atoms with Crippen molar-refractivity contribution in [3.05, 3.63) is 68.5 Å². The second-order valence-corrected chi connectivity index (χ2v) is 5.38. The van der Waals surface area contributed by atoms with Crippen molar-refractivity contribution in [1.82, 2.24) is 20.3 Å². The molecule has 2 heterocycles. The fraction of sp³-hybridized carbons (Fsp3) is 0.176. The summed E-state index contributed by atoms with van der Waals surface area (Å²) >= 11 is 0. The number of nitrogens with zero attached hydrogens (tertiary/aromatic N) is 1. The molecule has 0 aliphatic rings. The third-order valence-electron chi connectivity index (χ3n) is 3.71. The number of rotatable bonds is 5. The number of benzene rings is 1. The van der Waals surface area contributed by atoms with Gasteiger partial charge in [0.25, 0.3) is 11.5 Å². The molecule has 0 saturated carbocycles. The first-order valence-electron chi connectivity index (χ1n) is 7.60. The van der Waals surface area contributed by atoms with Gasteiger partial charge in [0.2, 0.25) is 0 Å². The maximum absolute atomic E-state index is 12.2. The van der Waals surface area contributed by atoms with Gasteiger partial charge in [-0.15, -0.1) is 0 Å². The molecule has 3 N–H and O–H groups in total. The van der Waals surface area contributed by atoms with Gasteiger partial charge in [-0.3, -0.25) is 19.6 Å². The molecule has 0 spiro atoms. The van der Waals surface area contributed by atoms with Gasteiger partial charge in [0.1, 0.15) is 11.4 Å². The first-order valence-corrected chi connectivity index (χ1v) is 7.60. The molecule has 0 aliphatic carbocycles. The molecule has 3 rings (SSSR count). The number of pyridine rings is 1. The van der Waals surface area contributed by atoms with Gasteiger partial charge in [0.15, 0.2) is 0 Å². The molecule has 0 unspecified atom stereocenters. The lowest BCUT2D eigenvalue weighted by molar-refractivity contribution is 0.0954. The minimum absolute atomic E-state index is 0.142. The normalized spacial score (nSPS) is 10.6. The van der Waals surface area contributed by atoms with Gasteiger partial charge in [0.05, 0.1) is 18.1 Å². The average molecular weight is 340 g/mol. The number of ether oxygens (including phenoxy) is 1. The highest BCUT2D eigenvalue weighted by atomic mass is 16.5. The zero-order chi connectivity index (χ0) is 17.8. The van der Waals surface area contributed by atoms with E-state index in [4.69, 9.17) is 4.74 Å². The summed E-state index contributed by atoms with van der Waals surface area (Å²) in [7, 11) is 1.60. The summed E-state index contributed by atoms with van der Waals surface area (Å²) < 4.78 is 5.09. The van der Waals surface area contributed by atoms with Crippen LogP contribution >= 0.6 is 0 Å². The number of carbonyl (C=O) groups is 1. The quantitative estimate of drug-likeness (QED) is 0.628. The Hall–Kier alpha value is -3.42.